The van der Waals surface area contributed by atoms with Crippen LogP contribution in [0.5, 0.6) is 11.5 Å². The lowest BCUT2D eigenvalue weighted by atomic mass is 10.0. The molecular weight excluding hydrogens is 320 g/mol. The van der Waals surface area contributed by atoms with Crippen LogP contribution in [0.3, 0.4) is 0 Å². The van der Waals surface area contributed by atoms with Crippen LogP contribution in [0.15, 0.2) is 42.5 Å². The molecule has 2 aromatic rings. The number of para-hydroxylation sites is 1. The molecule has 3 N–H and O–H groups in total. The van der Waals surface area contributed by atoms with E-state index in [0.717, 1.165) is 24.3 Å². The predicted octanol–water partition coefficient (Wildman–Crippen LogP) is 1.68. The Labute approximate surface area is 144 Å². The number of ether oxygens (including phenoxy) is 2. The molecule has 0 spiro atoms. The molecule has 2 atom stereocenters. The number of hydrogen-bond acceptors (Lipinski definition) is 6. The Morgan fingerprint density at radius 1 is 1.08 bits per heavy atom. The quantitative estimate of drug-likeness (QED) is 0.774. The van der Waals surface area contributed by atoms with E-state index >= 15 is 0 Å². The summed E-state index contributed by atoms with van der Waals surface area (Å²) in [6.07, 6.45) is 0.728. The average molecular weight is 338 g/mol. The van der Waals surface area contributed by atoms with E-state index in [2.05, 4.69) is 16.2 Å². The van der Waals surface area contributed by atoms with E-state index in [1.54, 1.807) is 4.90 Å². The van der Waals surface area contributed by atoms with Gasteiger partial charge in [0.1, 0.15) is 6.17 Å². The number of anilines is 2. The second-order valence-corrected chi connectivity index (χ2v) is 6.31. The molecule has 0 radical (unpaired) electrons. The van der Waals surface area contributed by atoms with Crippen LogP contribution in [0.4, 0.5) is 11.4 Å². The highest BCUT2D eigenvalue weighted by Gasteiger charge is 2.39. The standard InChI is InChI=1S/C18H18N4O3/c23-18-12-3-1-2-4-13(12)20-17(14-7-8-19-21-14)22(18)11-5-6-15-16(9-11)25-10-24-15/h1-6,9,14,17,19-21H,7-8,10H2. The van der Waals surface area contributed by atoms with Crippen LogP contribution in [0.25, 0.3) is 0 Å². The summed E-state index contributed by atoms with van der Waals surface area (Å²) in [5, 5.41) is 3.52. The first kappa shape index (κ1) is 14.6. The van der Waals surface area contributed by atoms with Crippen LogP contribution < -0.4 is 30.5 Å². The molecule has 1 saturated heterocycles. The summed E-state index contributed by atoms with van der Waals surface area (Å²) in [6, 6.07) is 13.3. The third-order valence-electron chi connectivity index (χ3n) is 4.84. The maximum atomic E-state index is 13.3. The maximum absolute atomic E-state index is 13.3. The highest BCUT2D eigenvalue weighted by molar-refractivity contribution is 6.12. The minimum Gasteiger partial charge on any atom is -0.454 e. The van der Waals surface area contributed by atoms with Gasteiger partial charge >= 0.3 is 0 Å². The topological polar surface area (TPSA) is 74.9 Å². The molecule has 0 aliphatic carbocycles. The van der Waals surface area contributed by atoms with Crippen LogP contribution in [0.1, 0.15) is 16.8 Å². The van der Waals surface area contributed by atoms with Crippen LogP contribution in [-0.2, 0) is 0 Å². The molecular formula is C18H18N4O3. The smallest absolute Gasteiger partial charge is 0.262 e. The van der Waals surface area contributed by atoms with E-state index in [9.17, 15) is 4.79 Å². The van der Waals surface area contributed by atoms with E-state index in [4.69, 9.17) is 9.47 Å². The molecule has 1 fully saturated rings. The minimum absolute atomic E-state index is 0.0214. The molecule has 7 nitrogen and oxygen atoms in total. The van der Waals surface area contributed by atoms with Crippen LogP contribution in [0.2, 0.25) is 0 Å². The van der Waals surface area contributed by atoms with Gasteiger partial charge in [0.2, 0.25) is 6.79 Å². The molecule has 0 bridgehead atoms. The monoisotopic (exact) mass is 338 g/mol. The van der Waals surface area contributed by atoms with Crippen LogP contribution >= 0.6 is 0 Å². The first-order chi connectivity index (χ1) is 12.3. The molecule has 128 valence electrons. The second kappa shape index (κ2) is 5.65. The first-order valence-electron chi connectivity index (χ1n) is 8.38. The van der Waals surface area contributed by atoms with Gasteiger partial charge in [-0.2, -0.15) is 0 Å². The number of carbonyl (C=O) groups is 1. The van der Waals surface area contributed by atoms with Gasteiger partial charge in [0.25, 0.3) is 5.91 Å². The molecule has 3 aliphatic rings. The zero-order chi connectivity index (χ0) is 16.8. The Kier molecular flexibility index (Phi) is 3.29. The van der Waals surface area contributed by atoms with E-state index in [1.807, 2.05) is 42.5 Å². The van der Waals surface area contributed by atoms with Gasteiger partial charge in [0, 0.05) is 18.3 Å². The Hall–Kier alpha value is -2.77. The van der Waals surface area contributed by atoms with Crippen molar-refractivity contribution in [2.45, 2.75) is 18.6 Å². The molecule has 3 aliphatic heterocycles. The van der Waals surface area contributed by atoms with Crippen molar-refractivity contribution in [1.29, 1.82) is 0 Å². The predicted molar refractivity (Wildman–Crippen MR) is 92.8 cm³/mol. The summed E-state index contributed by atoms with van der Waals surface area (Å²) >= 11 is 0. The van der Waals surface area contributed by atoms with Crippen molar-refractivity contribution in [2.24, 2.45) is 0 Å². The maximum Gasteiger partial charge on any atom is 0.262 e. The van der Waals surface area contributed by atoms with E-state index in [1.165, 1.54) is 0 Å². The lowest BCUT2D eigenvalue weighted by Gasteiger charge is -2.40. The number of nitrogens with zero attached hydrogens (tertiary/aromatic N) is 1. The minimum atomic E-state index is -0.197. The number of amides is 1. The third kappa shape index (κ3) is 2.32. The molecule has 3 heterocycles. The molecule has 25 heavy (non-hydrogen) atoms. The number of carbonyl (C=O) groups excluding carboxylic acids is 1. The van der Waals surface area contributed by atoms with Gasteiger partial charge in [-0.1, -0.05) is 12.1 Å². The summed E-state index contributed by atoms with van der Waals surface area (Å²) in [6.45, 7) is 1.08. The molecule has 0 saturated carbocycles. The average Bonchev–Trinajstić information content (AvgIpc) is 3.33. The molecule has 5 rings (SSSR count). The summed E-state index contributed by atoms with van der Waals surface area (Å²) in [5.74, 6) is 1.35. The van der Waals surface area contributed by atoms with Gasteiger partial charge in [-0.3, -0.25) is 20.5 Å². The highest BCUT2D eigenvalue weighted by atomic mass is 16.7. The van der Waals surface area contributed by atoms with Gasteiger partial charge in [-0.05, 0) is 30.7 Å². The van der Waals surface area contributed by atoms with E-state index < -0.39 is 0 Å². The fourth-order valence-corrected chi connectivity index (χ4v) is 3.61. The molecule has 1 amide bonds. The van der Waals surface area contributed by atoms with Gasteiger partial charge < -0.3 is 14.8 Å². The number of fused-ring (bicyclic) bond motifs is 2. The Morgan fingerprint density at radius 2 is 1.96 bits per heavy atom. The van der Waals surface area contributed by atoms with Crippen LogP contribution in [0, 0.1) is 0 Å². The summed E-state index contributed by atoms with van der Waals surface area (Å²) < 4.78 is 10.9. The zero-order valence-corrected chi connectivity index (χ0v) is 13.5. The normalized spacial score (nSPS) is 24.2. The van der Waals surface area contributed by atoms with Crippen molar-refractivity contribution in [3.63, 3.8) is 0 Å². The largest absolute Gasteiger partial charge is 0.454 e. The Morgan fingerprint density at radius 3 is 2.84 bits per heavy atom. The van der Waals surface area contributed by atoms with Crippen molar-refractivity contribution in [2.75, 3.05) is 23.6 Å². The van der Waals surface area contributed by atoms with E-state index in [-0.39, 0.29) is 24.9 Å². The summed E-state index contributed by atoms with van der Waals surface area (Å²) in [4.78, 5) is 15.1. The second-order valence-electron chi connectivity index (χ2n) is 6.31. The van der Waals surface area contributed by atoms with Gasteiger partial charge in [-0.15, -0.1) is 0 Å². The zero-order valence-electron chi connectivity index (χ0n) is 13.5. The number of benzene rings is 2. The van der Waals surface area contributed by atoms with Gasteiger partial charge in [0.05, 0.1) is 17.3 Å². The van der Waals surface area contributed by atoms with Crippen molar-refractivity contribution in [3.05, 3.63) is 48.0 Å². The van der Waals surface area contributed by atoms with Gasteiger partial charge in [-0.25, -0.2) is 0 Å². The highest BCUT2D eigenvalue weighted by Crippen LogP contribution is 2.38. The number of rotatable bonds is 2. The van der Waals surface area contributed by atoms with Crippen molar-refractivity contribution >= 4 is 17.3 Å². The van der Waals surface area contributed by atoms with Crippen molar-refractivity contribution < 1.29 is 14.3 Å². The van der Waals surface area contributed by atoms with Crippen LogP contribution in [-0.4, -0.2) is 31.5 Å². The summed E-state index contributed by atoms with van der Waals surface area (Å²) in [7, 11) is 0. The molecule has 0 aromatic heterocycles. The lowest BCUT2D eigenvalue weighted by molar-refractivity contribution is 0.0970. The first-order valence-corrected chi connectivity index (χ1v) is 8.38. The Balaban J connectivity index is 1.59. The lowest BCUT2D eigenvalue weighted by Crippen LogP contribution is -2.58. The number of hydrogen-bond donors (Lipinski definition) is 3. The van der Waals surface area contributed by atoms with Crippen molar-refractivity contribution in [1.82, 2.24) is 10.9 Å². The Bertz CT molecular complexity index is 835. The number of hydrazine groups is 1. The molecule has 2 aromatic carbocycles. The molecule has 7 heteroatoms. The number of nitrogens with one attached hydrogen (secondary N) is 3. The van der Waals surface area contributed by atoms with Crippen molar-refractivity contribution in [3.8, 4) is 11.5 Å². The fourth-order valence-electron chi connectivity index (χ4n) is 3.61. The SMILES string of the molecule is O=C1c2ccccc2NC(C2CCNN2)N1c1ccc2c(c1)OCO2. The third-order valence-corrected chi connectivity index (χ3v) is 4.84. The van der Waals surface area contributed by atoms with E-state index in [0.29, 0.717) is 17.1 Å². The fraction of sp³-hybridized carbons (Fsp3) is 0.278. The summed E-state index contributed by atoms with van der Waals surface area (Å²) in [5.41, 5.74) is 8.74. The van der Waals surface area contributed by atoms with Gasteiger partial charge in [0.15, 0.2) is 11.5 Å². The molecule has 2 unspecified atom stereocenters.